The van der Waals surface area contributed by atoms with Gasteiger partial charge in [0.05, 0.1) is 10.6 Å². The third-order valence-corrected chi connectivity index (χ3v) is 13.3. The third-order valence-electron chi connectivity index (χ3n) is 12.9. The molecule has 0 N–H and O–H groups in total. The molecule has 6 atom stereocenters. The second-order valence-electron chi connectivity index (χ2n) is 17.1. The van der Waals surface area contributed by atoms with Gasteiger partial charge in [0.15, 0.2) is 17.8 Å². The molecule has 18 nitrogen and oxygen atoms in total. The van der Waals surface area contributed by atoms with E-state index in [4.69, 9.17) is 59.4 Å². The number of hydroxylamine groups is 2. The van der Waals surface area contributed by atoms with Crippen molar-refractivity contribution in [1.82, 2.24) is 5.06 Å². The molecule has 4 saturated carbocycles. The lowest BCUT2D eigenvalue weighted by molar-refractivity contribution is -0.645. The van der Waals surface area contributed by atoms with Gasteiger partial charge in [-0.3, -0.25) is 28.8 Å². The molecular weight excluding hydrogens is 850 g/mol. The molecule has 63 heavy (non-hydrogen) atoms. The Kier molecular flexibility index (Phi) is 12.3. The molecule has 19 heteroatoms. The maximum Gasteiger partial charge on any atom is 0.363 e. The number of hydrogen-bond acceptors (Lipinski definition) is 17. The summed E-state index contributed by atoms with van der Waals surface area (Å²) in [4.78, 5) is 104. The van der Waals surface area contributed by atoms with Gasteiger partial charge in [-0.15, -0.1) is 5.06 Å². The van der Waals surface area contributed by atoms with Crippen molar-refractivity contribution in [3.63, 3.8) is 0 Å². The van der Waals surface area contributed by atoms with Crippen molar-refractivity contribution in [2.45, 2.75) is 121 Å². The van der Waals surface area contributed by atoms with E-state index in [1.807, 2.05) is 6.07 Å². The molecule has 2 aromatic carbocycles. The van der Waals surface area contributed by atoms with Gasteiger partial charge >= 0.3 is 29.8 Å². The average Bonchev–Trinajstić information content (AvgIpc) is 3.52. The van der Waals surface area contributed by atoms with Gasteiger partial charge in [0.25, 0.3) is 17.6 Å². The maximum atomic E-state index is 12.9. The van der Waals surface area contributed by atoms with Crippen LogP contribution in [0.2, 0.25) is 5.02 Å². The molecule has 7 fully saturated rings. The van der Waals surface area contributed by atoms with Crippen LogP contribution in [-0.4, -0.2) is 96.7 Å². The van der Waals surface area contributed by atoms with E-state index >= 15 is 0 Å². The standard InChI is InChI=1S/C44H48ClNO17/c1-21(47)55-20-34-38(56-22(2)48)39(57-23(3)49)40(58-24(4)50)42(60-34)59-33-19-28(12-25-6-8-29(9-7-25)41(53)61-46-35(51)10-11-36(46)52)18-32(37(33)45)44(54-5)43(62-63-44)30-14-26-13-27(16-30)17-31(43)15-26/h6-9,18-19,26-27,30-31,34,38-40,42H,10-17,20H2,1-5H3/t26?,27?,30?,31?,34?,38-,39?,40-,42+,43?,44?/m0/s1. The number of benzene rings is 2. The quantitative estimate of drug-likeness (QED) is 0.117. The summed E-state index contributed by atoms with van der Waals surface area (Å²) in [6, 6.07) is 9.79. The van der Waals surface area contributed by atoms with Crippen LogP contribution < -0.4 is 4.74 Å². The second kappa shape index (κ2) is 17.4. The van der Waals surface area contributed by atoms with Crippen molar-refractivity contribution < 1.29 is 81.3 Å². The van der Waals surface area contributed by atoms with E-state index in [9.17, 15) is 33.6 Å². The zero-order valence-electron chi connectivity index (χ0n) is 35.3. The van der Waals surface area contributed by atoms with Gasteiger partial charge in [0.1, 0.15) is 18.5 Å². The van der Waals surface area contributed by atoms with E-state index in [-0.39, 0.29) is 47.4 Å². The summed E-state index contributed by atoms with van der Waals surface area (Å²) in [5.41, 5.74) is 0.891. The summed E-state index contributed by atoms with van der Waals surface area (Å²) in [5, 5.41) is 0.515. The molecule has 3 unspecified atom stereocenters. The Morgan fingerprint density at radius 1 is 0.746 bits per heavy atom. The fourth-order valence-corrected chi connectivity index (χ4v) is 10.9. The molecule has 2 aromatic rings. The molecule has 7 aliphatic rings. The predicted octanol–water partition coefficient (Wildman–Crippen LogP) is 4.57. The predicted molar refractivity (Wildman–Crippen MR) is 210 cm³/mol. The first-order chi connectivity index (χ1) is 30.0. The molecule has 9 rings (SSSR count). The van der Waals surface area contributed by atoms with Crippen LogP contribution in [0.15, 0.2) is 36.4 Å². The molecule has 3 aliphatic heterocycles. The SMILES string of the molecule is COC1(c2cc(Cc3ccc(C(=O)ON4C(=O)CCC4=O)cc3)cc(O[C@@H]3OC(COC(C)=O)[C@H](OC(C)=O)C(OC(C)=O)[C@@H]3OC(C)=O)c2Cl)OOC12C1CC3CC(C1)CC2C3. The fourth-order valence-electron chi connectivity index (χ4n) is 10.6. The minimum absolute atomic E-state index is 0.00361. The Bertz CT molecular complexity index is 2150. The molecule has 1 spiro atoms. The highest BCUT2D eigenvalue weighted by atomic mass is 35.5. The number of hydrogen-bond donors (Lipinski definition) is 0. The molecule has 4 bridgehead atoms. The van der Waals surface area contributed by atoms with E-state index in [2.05, 4.69) is 0 Å². The zero-order chi connectivity index (χ0) is 45.0. The third kappa shape index (κ3) is 8.27. The Morgan fingerprint density at radius 2 is 1.33 bits per heavy atom. The number of carbonyl (C=O) groups is 7. The summed E-state index contributed by atoms with van der Waals surface area (Å²) < 4.78 is 41.4. The summed E-state index contributed by atoms with van der Waals surface area (Å²) in [7, 11) is 1.53. The molecule has 4 aliphatic carbocycles. The molecule has 2 amide bonds. The first-order valence-electron chi connectivity index (χ1n) is 20.9. The number of carbonyl (C=O) groups excluding carboxylic acids is 7. The van der Waals surface area contributed by atoms with Crippen LogP contribution >= 0.6 is 11.6 Å². The Balaban J connectivity index is 1.18. The molecule has 3 saturated heterocycles. The van der Waals surface area contributed by atoms with Crippen LogP contribution in [0.4, 0.5) is 0 Å². The van der Waals surface area contributed by atoms with Gasteiger partial charge in [0.2, 0.25) is 12.4 Å². The van der Waals surface area contributed by atoms with Crippen LogP contribution in [0.3, 0.4) is 0 Å². The number of methoxy groups -OCH3 is 1. The van der Waals surface area contributed by atoms with Crippen LogP contribution in [0.1, 0.15) is 99.7 Å². The number of nitrogens with zero attached hydrogens (tertiary/aromatic N) is 1. The number of halogens is 1. The number of rotatable bonds is 13. The highest BCUT2D eigenvalue weighted by Gasteiger charge is 2.77. The van der Waals surface area contributed by atoms with Crippen LogP contribution in [0.5, 0.6) is 5.75 Å². The fraction of sp³-hybridized carbons (Fsp3) is 0.568. The lowest BCUT2D eigenvalue weighted by Gasteiger charge is -2.68. The van der Waals surface area contributed by atoms with Gasteiger partial charge in [-0.25, -0.2) is 9.68 Å². The summed E-state index contributed by atoms with van der Waals surface area (Å²) in [6.45, 7) is 4.05. The molecule has 0 aromatic heterocycles. The molecule has 338 valence electrons. The molecule has 0 radical (unpaired) electrons. The van der Waals surface area contributed by atoms with E-state index in [0.29, 0.717) is 33.6 Å². The lowest BCUT2D eigenvalue weighted by Crippen LogP contribution is -2.76. The molecular formula is C44H48ClNO17. The number of ether oxygens (including phenoxy) is 7. The minimum atomic E-state index is -1.61. The van der Waals surface area contributed by atoms with E-state index in [1.165, 1.54) is 32.6 Å². The second-order valence-corrected chi connectivity index (χ2v) is 17.4. The number of esters is 4. The smallest absolute Gasteiger partial charge is 0.363 e. The van der Waals surface area contributed by atoms with Crippen LogP contribution in [0.25, 0.3) is 0 Å². The Labute approximate surface area is 366 Å². The van der Waals surface area contributed by atoms with Crippen LogP contribution in [0, 0.1) is 23.7 Å². The highest BCUT2D eigenvalue weighted by molar-refractivity contribution is 6.33. The first kappa shape index (κ1) is 44.5. The zero-order valence-corrected chi connectivity index (χ0v) is 36.0. The van der Waals surface area contributed by atoms with E-state index in [1.54, 1.807) is 18.2 Å². The number of amides is 2. The van der Waals surface area contributed by atoms with E-state index in [0.717, 1.165) is 46.5 Å². The van der Waals surface area contributed by atoms with Gasteiger partial charge in [-0.05, 0) is 97.6 Å². The van der Waals surface area contributed by atoms with Gasteiger partial charge in [-0.2, -0.15) is 4.89 Å². The first-order valence-corrected chi connectivity index (χ1v) is 21.3. The average molecular weight is 898 g/mol. The van der Waals surface area contributed by atoms with Crippen molar-refractivity contribution in [1.29, 1.82) is 0 Å². The summed E-state index contributed by atoms with van der Waals surface area (Å²) in [5.74, 6) is -5.36. The van der Waals surface area contributed by atoms with Gasteiger partial charge in [0, 0.05) is 53.2 Å². The largest absolute Gasteiger partial charge is 0.463 e. The van der Waals surface area contributed by atoms with Crippen molar-refractivity contribution in [2.24, 2.45) is 23.7 Å². The van der Waals surface area contributed by atoms with Gasteiger partial charge < -0.3 is 38.0 Å². The number of imide groups is 1. The van der Waals surface area contributed by atoms with E-state index < -0.39 is 90.4 Å². The summed E-state index contributed by atoms with van der Waals surface area (Å²) in [6.07, 6.45) is -2.35. The highest BCUT2D eigenvalue weighted by Crippen LogP contribution is 2.70. The minimum Gasteiger partial charge on any atom is -0.463 e. The Hall–Kier alpha value is -5.14. The molecule has 3 heterocycles. The normalized spacial score (nSPS) is 32.8. The van der Waals surface area contributed by atoms with Crippen molar-refractivity contribution in [2.75, 3.05) is 13.7 Å². The van der Waals surface area contributed by atoms with Crippen LogP contribution in [-0.2, 0) is 84.0 Å². The lowest BCUT2D eigenvalue weighted by atomic mass is 9.47. The maximum absolute atomic E-state index is 12.9. The monoisotopic (exact) mass is 897 g/mol. The van der Waals surface area contributed by atoms with Crippen molar-refractivity contribution >= 4 is 53.3 Å². The van der Waals surface area contributed by atoms with Gasteiger partial charge in [-0.1, -0.05) is 23.7 Å². The Morgan fingerprint density at radius 3 is 1.87 bits per heavy atom. The summed E-state index contributed by atoms with van der Waals surface area (Å²) >= 11 is 7.40. The van der Waals surface area contributed by atoms with Crippen molar-refractivity contribution in [3.8, 4) is 5.75 Å². The van der Waals surface area contributed by atoms with Crippen molar-refractivity contribution in [3.05, 3.63) is 63.7 Å². The topological polar surface area (TPSA) is 215 Å².